The van der Waals surface area contributed by atoms with Gasteiger partial charge in [-0.3, -0.25) is 4.79 Å². The molecule has 0 fully saturated rings. The maximum Gasteiger partial charge on any atom is 0.229 e. The van der Waals surface area contributed by atoms with Crippen molar-refractivity contribution in [1.82, 2.24) is 14.6 Å². The zero-order valence-electron chi connectivity index (χ0n) is 10.1. The van der Waals surface area contributed by atoms with Crippen LogP contribution in [0.5, 0.6) is 5.88 Å². The number of halogens is 1. The summed E-state index contributed by atoms with van der Waals surface area (Å²) in [7, 11) is 0. The molecule has 0 saturated carbocycles. The van der Waals surface area contributed by atoms with Crippen LogP contribution in [0.1, 0.15) is 4.88 Å². The van der Waals surface area contributed by atoms with Crippen molar-refractivity contribution in [2.24, 2.45) is 0 Å². The smallest absolute Gasteiger partial charge is 0.229 e. The molecule has 0 saturated heterocycles. The third-order valence-electron chi connectivity index (χ3n) is 2.63. The van der Waals surface area contributed by atoms with Gasteiger partial charge in [-0.05, 0) is 24.3 Å². The molecular weight excluding hydrogens is 344 g/mol. The topological polar surface area (TPSA) is 79.5 Å². The van der Waals surface area contributed by atoms with E-state index in [2.05, 4.69) is 31.3 Å². The van der Waals surface area contributed by atoms with Gasteiger partial charge in [0.1, 0.15) is 6.33 Å². The molecule has 102 valence electrons. The lowest BCUT2D eigenvalue weighted by Gasteiger charge is -2.04. The summed E-state index contributed by atoms with van der Waals surface area (Å²) in [5.74, 6) is -0.236. The number of rotatable bonds is 3. The van der Waals surface area contributed by atoms with Gasteiger partial charge in [0, 0.05) is 10.2 Å². The van der Waals surface area contributed by atoms with E-state index >= 15 is 0 Å². The molecule has 3 aromatic rings. The molecule has 0 aliphatic carbocycles. The lowest BCUT2D eigenvalue weighted by atomic mass is 10.3. The molecule has 20 heavy (non-hydrogen) atoms. The molecule has 0 atom stereocenters. The fourth-order valence-corrected chi connectivity index (χ4v) is 2.90. The molecule has 2 N–H and O–H groups in total. The second-order valence-electron chi connectivity index (χ2n) is 4.04. The summed E-state index contributed by atoms with van der Waals surface area (Å²) in [6.07, 6.45) is 1.44. The van der Waals surface area contributed by atoms with E-state index in [0.29, 0.717) is 15.5 Å². The SMILES string of the molecule is O=C(Cc1sc2ncnn2c1O)Nc1ccc(Br)cc1. The summed E-state index contributed by atoms with van der Waals surface area (Å²) in [6, 6.07) is 7.28. The van der Waals surface area contributed by atoms with Crippen LogP contribution in [0.25, 0.3) is 4.96 Å². The average molecular weight is 353 g/mol. The van der Waals surface area contributed by atoms with Crippen LogP contribution in [0.2, 0.25) is 0 Å². The highest BCUT2D eigenvalue weighted by Gasteiger charge is 2.16. The molecule has 2 aromatic heterocycles. The molecule has 0 aliphatic rings. The first-order valence-corrected chi connectivity index (χ1v) is 7.30. The van der Waals surface area contributed by atoms with Crippen LogP contribution in [0.3, 0.4) is 0 Å². The van der Waals surface area contributed by atoms with Gasteiger partial charge >= 0.3 is 0 Å². The van der Waals surface area contributed by atoms with Crippen molar-refractivity contribution in [1.29, 1.82) is 0 Å². The molecule has 8 heteroatoms. The number of carbonyl (C=O) groups excluding carboxylic acids is 1. The largest absolute Gasteiger partial charge is 0.492 e. The van der Waals surface area contributed by atoms with Gasteiger partial charge in [0.15, 0.2) is 0 Å². The fourth-order valence-electron chi connectivity index (χ4n) is 1.72. The van der Waals surface area contributed by atoms with Crippen molar-refractivity contribution >= 4 is 43.8 Å². The van der Waals surface area contributed by atoms with Crippen molar-refractivity contribution in [2.75, 3.05) is 5.32 Å². The Morgan fingerprint density at radius 2 is 2.15 bits per heavy atom. The van der Waals surface area contributed by atoms with Crippen LogP contribution in [0, 0.1) is 0 Å². The van der Waals surface area contributed by atoms with Crippen molar-refractivity contribution in [2.45, 2.75) is 6.42 Å². The van der Waals surface area contributed by atoms with E-state index in [1.165, 1.54) is 22.2 Å². The molecule has 0 spiro atoms. The summed E-state index contributed by atoms with van der Waals surface area (Å²) < 4.78 is 2.26. The number of thiazole rings is 1. The molecule has 0 radical (unpaired) electrons. The lowest BCUT2D eigenvalue weighted by Crippen LogP contribution is -2.13. The molecule has 0 unspecified atom stereocenters. The Hall–Kier alpha value is -1.93. The van der Waals surface area contributed by atoms with Crippen molar-refractivity contribution in [3.05, 3.63) is 39.9 Å². The number of hydrogen-bond acceptors (Lipinski definition) is 5. The van der Waals surface area contributed by atoms with Gasteiger partial charge in [-0.15, -0.1) is 0 Å². The Bertz CT molecular complexity index is 765. The highest BCUT2D eigenvalue weighted by atomic mass is 79.9. The van der Waals surface area contributed by atoms with E-state index in [-0.39, 0.29) is 18.2 Å². The minimum Gasteiger partial charge on any atom is -0.492 e. The highest BCUT2D eigenvalue weighted by Crippen LogP contribution is 2.27. The predicted molar refractivity (Wildman–Crippen MR) is 79.0 cm³/mol. The van der Waals surface area contributed by atoms with Crippen LogP contribution >= 0.6 is 27.3 Å². The molecule has 6 nitrogen and oxygen atoms in total. The Kier molecular flexibility index (Phi) is 3.41. The number of hydrogen-bond donors (Lipinski definition) is 2. The zero-order chi connectivity index (χ0) is 14.1. The number of aromatic hydroxyl groups is 1. The van der Waals surface area contributed by atoms with Crippen LogP contribution in [-0.4, -0.2) is 25.6 Å². The van der Waals surface area contributed by atoms with E-state index in [1.54, 1.807) is 12.1 Å². The van der Waals surface area contributed by atoms with Gasteiger partial charge in [-0.25, -0.2) is 4.98 Å². The summed E-state index contributed by atoms with van der Waals surface area (Å²) in [6.45, 7) is 0. The average Bonchev–Trinajstić information content (AvgIpc) is 2.97. The molecule has 0 bridgehead atoms. The summed E-state index contributed by atoms with van der Waals surface area (Å²) in [4.78, 5) is 17.0. The van der Waals surface area contributed by atoms with Gasteiger partial charge in [-0.2, -0.15) is 9.61 Å². The lowest BCUT2D eigenvalue weighted by molar-refractivity contribution is -0.115. The number of aromatic nitrogens is 3. The first-order chi connectivity index (χ1) is 9.63. The molecule has 2 heterocycles. The molecule has 3 rings (SSSR count). The monoisotopic (exact) mass is 352 g/mol. The molecule has 1 amide bonds. The molecule has 1 aromatic carbocycles. The van der Waals surface area contributed by atoms with Crippen LogP contribution in [0.15, 0.2) is 35.1 Å². The maximum absolute atomic E-state index is 11.9. The summed E-state index contributed by atoms with van der Waals surface area (Å²) >= 11 is 4.57. The van der Waals surface area contributed by atoms with Gasteiger partial charge < -0.3 is 10.4 Å². The first-order valence-electron chi connectivity index (χ1n) is 5.69. The van der Waals surface area contributed by atoms with E-state index < -0.39 is 0 Å². The first kappa shape index (κ1) is 13.1. The van der Waals surface area contributed by atoms with Crippen LogP contribution < -0.4 is 5.32 Å². The van der Waals surface area contributed by atoms with E-state index in [1.807, 2.05) is 12.1 Å². The number of amides is 1. The number of anilines is 1. The number of carbonyl (C=O) groups is 1. The Balaban J connectivity index is 1.73. The van der Waals surface area contributed by atoms with Crippen LogP contribution in [-0.2, 0) is 11.2 Å². The van der Waals surface area contributed by atoms with Crippen molar-refractivity contribution in [3.8, 4) is 5.88 Å². The van der Waals surface area contributed by atoms with Gasteiger partial charge in [0.05, 0.1) is 11.3 Å². The molecular formula is C12H9BrN4O2S. The minimum atomic E-state index is -0.202. The fraction of sp³-hybridized carbons (Fsp3) is 0.0833. The normalized spacial score (nSPS) is 10.8. The molecule has 0 aliphatic heterocycles. The van der Waals surface area contributed by atoms with Crippen molar-refractivity contribution in [3.63, 3.8) is 0 Å². The number of benzene rings is 1. The third kappa shape index (κ3) is 2.52. The van der Waals surface area contributed by atoms with Gasteiger partial charge in [0.2, 0.25) is 16.7 Å². The Morgan fingerprint density at radius 3 is 2.85 bits per heavy atom. The van der Waals surface area contributed by atoms with Gasteiger partial charge in [0.25, 0.3) is 0 Å². The maximum atomic E-state index is 11.9. The minimum absolute atomic E-state index is 0.0338. The Morgan fingerprint density at radius 1 is 1.40 bits per heavy atom. The van der Waals surface area contributed by atoms with Crippen LogP contribution in [0.4, 0.5) is 5.69 Å². The van der Waals surface area contributed by atoms with E-state index in [4.69, 9.17) is 0 Å². The van der Waals surface area contributed by atoms with Gasteiger partial charge in [-0.1, -0.05) is 27.3 Å². The quantitative estimate of drug-likeness (QED) is 0.758. The Labute approximate surface area is 126 Å². The second kappa shape index (κ2) is 5.22. The third-order valence-corrected chi connectivity index (χ3v) is 4.19. The number of fused-ring (bicyclic) bond motifs is 1. The van der Waals surface area contributed by atoms with E-state index in [9.17, 15) is 9.90 Å². The summed E-state index contributed by atoms with van der Waals surface area (Å²) in [5.41, 5.74) is 0.706. The summed E-state index contributed by atoms with van der Waals surface area (Å²) in [5, 5.41) is 16.6. The highest BCUT2D eigenvalue weighted by molar-refractivity contribution is 9.10. The predicted octanol–water partition coefficient (Wildman–Crippen LogP) is 2.44. The van der Waals surface area contributed by atoms with E-state index in [0.717, 1.165) is 4.47 Å². The second-order valence-corrected chi connectivity index (χ2v) is 6.01. The standard InChI is InChI=1S/C12H9BrN4O2S/c13-7-1-3-8(4-2-7)16-10(18)5-9-11(19)17-12(20-9)14-6-15-17/h1-4,6,19H,5H2,(H,16,18). The van der Waals surface area contributed by atoms with Crippen molar-refractivity contribution < 1.29 is 9.90 Å². The zero-order valence-corrected chi connectivity index (χ0v) is 12.5. The number of nitrogens with zero attached hydrogens (tertiary/aromatic N) is 3. The number of nitrogens with one attached hydrogen (secondary N) is 1.